The highest BCUT2D eigenvalue weighted by atomic mass is 32.1. The minimum atomic E-state index is 0.258. The van der Waals surface area contributed by atoms with Crippen molar-refractivity contribution in [3.05, 3.63) is 29.3 Å². The zero-order valence-electron chi connectivity index (χ0n) is 8.64. The maximum absolute atomic E-state index is 9.35. The van der Waals surface area contributed by atoms with Gasteiger partial charge in [0.2, 0.25) is 0 Å². The van der Waals surface area contributed by atoms with Gasteiger partial charge in [-0.3, -0.25) is 0 Å². The van der Waals surface area contributed by atoms with E-state index in [9.17, 15) is 5.11 Å². The average Bonchev–Trinajstić information content (AvgIpc) is 2.66. The first-order valence-electron chi connectivity index (χ1n) is 4.79. The average molecular weight is 220 g/mol. The van der Waals surface area contributed by atoms with E-state index in [1.54, 1.807) is 29.5 Å². The van der Waals surface area contributed by atoms with Crippen LogP contribution in [0.4, 0.5) is 0 Å². The Bertz CT molecular complexity index is 465. The Balaban J connectivity index is 2.37. The van der Waals surface area contributed by atoms with Crippen molar-refractivity contribution < 1.29 is 5.11 Å². The molecular weight excluding hydrogens is 208 g/mol. The summed E-state index contributed by atoms with van der Waals surface area (Å²) in [6, 6.07) is 7.07. The standard InChI is InChI=1S/C11H12N2OS/c1-7(2)10-12-13-11(15-10)8-4-3-5-9(14)6-8/h3-7,14H,1-2H3. The second kappa shape index (κ2) is 3.98. The summed E-state index contributed by atoms with van der Waals surface area (Å²) in [6.45, 7) is 4.18. The van der Waals surface area contributed by atoms with Gasteiger partial charge in [0.05, 0.1) is 0 Å². The molecule has 1 N–H and O–H groups in total. The smallest absolute Gasteiger partial charge is 0.147 e. The first-order valence-corrected chi connectivity index (χ1v) is 5.61. The summed E-state index contributed by atoms with van der Waals surface area (Å²) in [5, 5.41) is 19.4. The van der Waals surface area contributed by atoms with E-state index in [0.29, 0.717) is 5.92 Å². The van der Waals surface area contributed by atoms with Gasteiger partial charge in [-0.1, -0.05) is 37.3 Å². The van der Waals surface area contributed by atoms with Crippen molar-refractivity contribution in [1.82, 2.24) is 10.2 Å². The topological polar surface area (TPSA) is 46.0 Å². The van der Waals surface area contributed by atoms with Gasteiger partial charge >= 0.3 is 0 Å². The summed E-state index contributed by atoms with van der Waals surface area (Å²) < 4.78 is 0. The zero-order chi connectivity index (χ0) is 10.8. The van der Waals surface area contributed by atoms with Gasteiger partial charge in [-0.2, -0.15) is 0 Å². The molecule has 0 atom stereocenters. The van der Waals surface area contributed by atoms with Gasteiger partial charge in [0.15, 0.2) is 0 Å². The molecule has 0 aliphatic carbocycles. The third-order valence-electron chi connectivity index (χ3n) is 2.03. The number of phenolic OH excluding ortho intramolecular Hbond substituents is 1. The molecule has 1 heterocycles. The van der Waals surface area contributed by atoms with Crippen LogP contribution in [0.5, 0.6) is 5.75 Å². The van der Waals surface area contributed by atoms with Crippen molar-refractivity contribution in [3.8, 4) is 16.3 Å². The second-order valence-corrected chi connectivity index (χ2v) is 4.66. The van der Waals surface area contributed by atoms with E-state index >= 15 is 0 Å². The zero-order valence-corrected chi connectivity index (χ0v) is 9.45. The van der Waals surface area contributed by atoms with Crippen LogP contribution in [0.2, 0.25) is 0 Å². The van der Waals surface area contributed by atoms with Crippen LogP contribution in [0.1, 0.15) is 24.8 Å². The summed E-state index contributed by atoms with van der Waals surface area (Å²) >= 11 is 1.57. The SMILES string of the molecule is CC(C)c1nnc(-c2cccc(O)c2)s1. The van der Waals surface area contributed by atoms with E-state index in [2.05, 4.69) is 24.0 Å². The van der Waals surface area contributed by atoms with Crippen molar-refractivity contribution in [2.24, 2.45) is 0 Å². The van der Waals surface area contributed by atoms with Crippen LogP contribution in [0.3, 0.4) is 0 Å². The number of nitrogens with zero attached hydrogens (tertiary/aromatic N) is 2. The summed E-state index contributed by atoms with van der Waals surface area (Å²) in [6.07, 6.45) is 0. The fraction of sp³-hybridized carbons (Fsp3) is 0.273. The van der Waals surface area contributed by atoms with E-state index < -0.39 is 0 Å². The molecule has 1 aromatic carbocycles. The number of aromatic nitrogens is 2. The van der Waals surface area contributed by atoms with Gasteiger partial charge in [-0.15, -0.1) is 10.2 Å². The highest BCUT2D eigenvalue weighted by Crippen LogP contribution is 2.28. The van der Waals surface area contributed by atoms with Crippen LogP contribution in [-0.4, -0.2) is 15.3 Å². The van der Waals surface area contributed by atoms with Crippen molar-refractivity contribution >= 4 is 11.3 Å². The van der Waals surface area contributed by atoms with Crippen LogP contribution < -0.4 is 0 Å². The van der Waals surface area contributed by atoms with E-state index in [1.165, 1.54) is 0 Å². The molecule has 0 amide bonds. The number of rotatable bonds is 2. The Morgan fingerprint density at radius 3 is 2.67 bits per heavy atom. The predicted molar refractivity (Wildman–Crippen MR) is 61.1 cm³/mol. The van der Waals surface area contributed by atoms with Crippen LogP contribution in [0.25, 0.3) is 10.6 Å². The maximum atomic E-state index is 9.35. The molecule has 0 saturated carbocycles. The summed E-state index contributed by atoms with van der Waals surface area (Å²) in [4.78, 5) is 0. The summed E-state index contributed by atoms with van der Waals surface area (Å²) in [5.41, 5.74) is 0.916. The number of aromatic hydroxyl groups is 1. The van der Waals surface area contributed by atoms with Crippen LogP contribution in [0, 0.1) is 0 Å². The third-order valence-corrected chi connectivity index (χ3v) is 3.30. The largest absolute Gasteiger partial charge is 0.508 e. The Labute approximate surface area is 92.4 Å². The molecule has 2 rings (SSSR count). The molecule has 0 fully saturated rings. The van der Waals surface area contributed by atoms with Crippen molar-refractivity contribution in [2.75, 3.05) is 0 Å². The molecular formula is C11H12N2OS. The van der Waals surface area contributed by atoms with E-state index in [0.717, 1.165) is 15.6 Å². The molecule has 0 aliphatic heterocycles. The van der Waals surface area contributed by atoms with Gasteiger partial charge < -0.3 is 5.11 Å². The lowest BCUT2D eigenvalue weighted by Gasteiger charge is -1.96. The van der Waals surface area contributed by atoms with Crippen molar-refractivity contribution in [2.45, 2.75) is 19.8 Å². The van der Waals surface area contributed by atoms with Gasteiger partial charge in [0, 0.05) is 11.5 Å². The third kappa shape index (κ3) is 2.15. The molecule has 0 saturated heterocycles. The highest BCUT2D eigenvalue weighted by molar-refractivity contribution is 7.14. The summed E-state index contributed by atoms with van der Waals surface area (Å²) in [5.74, 6) is 0.655. The van der Waals surface area contributed by atoms with Gasteiger partial charge in [-0.05, 0) is 12.1 Å². The molecule has 1 aromatic heterocycles. The van der Waals surface area contributed by atoms with Gasteiger partial charge in [0.1, 0.15) is 15.8 Å². The maximum Gasteiger partial charge on any atom is 0.147 e. The molecule has 4 heteroatoms. The monoisotopic (exact) mass is 220 g/mol. The quantitative estimate of drug-likeness (QED) is 0.846. The number of hydrogen-bond donors (Lipinski definition) is 1. The lowest BCUT2D eigenvalue weighted by atomic mass is 10.2. The molecule has 0 spiro atoms. The molecule has 2 aromatic rings. The first kappa shape index (κ1) is 10.1. The van der Waals surface area contributed by atoms with E-state index in [4.69, 9.17) is 0 Å². The predicted octanol–water partition coefficient (Wildman–Crippen LogP) is 3.03. The number of benzene rings is 1. The normalized spacial score (nSPS) is 10.9. The minimum Gasteiger partial charge on any atom is -0.508 e. The Hall–Kier alpha value is -1.42. The van der Waals surface area contributed by atoms with Crippen molar-refractivity contribution in [1.29, 1.82) is 0 Å². The van der Waals surface area contributed by atoms with Crippen molar-refractivity contribution in [3.63, 3.8) is 0 Å². The lowest BCUT2D eigenvalue weighted by Crippen LogP contribution is -1.83. The van der Waals surface area contributed by atoms with Gasteiger partial charge in [0.25, 0.3) is 0 Å². The molecule has 3 nitrogen and oxygen atoms in total. The van der Waals surface area contributed by atoms with Crippen LogP contribution in [0.15, 0.2) is 24.3 Å². The van der Waals surface area contributed by atoms with E-state index in [-0.39, 0.29) is 5.75 Å². The minimum absolute atomic E-state index is 0.258. The lowest BCUT2D eigenvalue weighted by molar-refractivity contribution is 0.475. The van der Waals surface area contributed by atoms with E-state index in [1.807, 2.05) is 6.07 Å². The highest BCUT2D eigenvalue weighted by Gasteiger charge is 2.09. The molecule has 0 bridgehead atoms. The molecule has 0 unspecified atom stereocenters. The number of hydrogen-bond acceptors (Lipinski definition) is 4. The molecule has 0 aliphatic rings. The fourth-order valence-electron chi connectivity index (χ4n) is 1.22. The van der Waals surface area contributed by atoms with Gasteiger partial charge in [-0.25, -0.2) is 0 Å². The fourth-order valence-corrected chi connectivity index (χ4v) is 2.07. The second-order valence-electron chi connectivity index (χ2n) is 3.65. The molecule has 78 valence electrons. The number of phenols is 1. The molecule has 0 radical (unpaired) electrons. The Morgan fingerprint density at radius 1 is 1.27 bits per heavy atom. The Morgan fingerprint density at radius 2 is 2.07 bits per heavy atom. The molecule has 15 heavy (non-hydrogen) atoms. The van der Waals surface area contributed by atoms with Crippen LogP contribution >= 0.6 is 11.3 Å². The summed E-state index contributed by atoms with van der Waals surface area (Å²) in [7, 11) is 0. The van der Waals surface area contributed by atoms with Crippen LogP contribution in [-0.2, 0) is 0 Å². The first-order chi connectivity index (χ1) is 7.16. The Kier molecular flexibility index (Phi) is 2.68.